The summed E-state index contributed by atoms with van der Waals surface area (Å²) in [5.41, 5.74) is 2.21. The lowest BCUT2D eigenvalue weighted by atomic mass is 10.2. The molecule has 6 nitrogen and oxygen atoms in total. The van der Waals surface area contributed by atoms with Crippen LogP contribution < -0.4 is 9.47 Å². The zero-order valence-electron chi connectivity index (χ0n) is 17.7. The van der Waals surface area contributed by atoms with Crippen molar-refractivity contribution in [1.82, 2.24) is 19.2 Å². The van der Waals surface area contributed by atoms with Gasteiger partial charge in [0.05, 0.1) is 13.8 Å². The molecule has 30 heavy (non-hydrogen) atoms. The molecule has 7 heteroatoms. The molecule has 3 aromatic rings. The number of methoxy groups -OCH3 is 1. The second-order valence-electron chi connectivity index (χ2n) is 6.98. The molecule has 0 radical (unpaired) electrons. The molecule has 0 bridgehead atoms. The molecule has 0 aliphatic rings. The first kappa shape index (κ1) is 21.8. The van der Waals surface area contributed by atoms with E-state index in [1.165, 1.54) is 5.56 Å². The fraction of sp³-hybridized carbons (Fsp3) is 0.304. The Labute approximate surface area is 183 Å². The molecule has 158 valence electrons. The van der Waals surface area contributed by atoms with Crippen molar-refractivity contribution in [2.75, 3.05) is 20.8 Å². The molecule has 0 aliphatic carbocycles. The highest BCUT2D eigenvalue weighted by molar-refractivity contribution is 7.71. The maximum absolute atomic E-state index is 5.69. The van der Waals surface area contributed by atoms with Gasteiger partial charge in [0.15, 0.2) is 10.6 Å². The van der Waals surface area contributed by atoms with E-state index in [-0.39, 0.29) is 0 Å². The fourth-order valence-electron chi connectivity index (χ4n) is 3.21. The SMILES string of the molecule is C=CCOc1ccc(CN(C)Cn2nc(-c3ccc(OC)cc3)n(CC)c2=S)cc1. The molecule has 1 heterocycles. The predicted molar refractivity (Wildman–Crippen MR) is 122 cm³/mol. The summed E-state index contributed by atoms with van der Waals surface area (Å²) >= 11 is 5.69. The maximum atomic E-state index is 5.69. The molecular formula is C23H28N4O2S. The Morgan fingerprint density at radius 3 is 2.37 bits per heavy atom. The van der Waals surface area contributed by atoms with E-state index in [0.717, 1.165) is 36.0 Å². The molecule has 0 saturated carbocycles. The normalized spacial score (nSPS) is 10.9. The summed E-state index contributed by atoms with van der Waals surface area (Å²) in [4.78, 5) is 2.18. The van der Waals surface area contributed by atoms with Gasteiger partial charge in [0.1, 0.15) is 18.1 Å². The first-order valence-corrected chi connectivity index (χ1v) is 10.3. The van der Waals surface area contributed by atoms with E-state index in [9.17, 15) is 0 Å². The second kappa shape index (κ2) is 10.2. The number of benzene rings is 2. The Bertz CT molecular complexity index is 1020. The lowest BCUT2D eigenvalue weighted by Crippen LogP contribution is -2.22. The highest BCUT2D eigenvalue weighted by Crippen LogP contribution is 2.22. The van der Waals surface area contributed by atoms with Gasteiger partial charge in [-0.1, -0.05) is 24.8 Å². The number of ether oxygens (including phenoxy) is 2. The van der Waals surface area contributed by atoms with Crippen LogP contribution in [-0.4, -0.2) is 40.0 Å². The lowest BCUT2D eigenvalue weighted by molar-refractivity contribution is 0.243. The molecule has 0 fully saturated rings. The summed E-state index contributed by atoms with van der Waals surface area (Å²) in [5, 5.41) is 4.80. The van der Waals surface area contributed by atoms with Gasteiger partial charge in [0.25, 0.3) is 0 Å². The molecule has 0 unspecified atom stereocenters. The zero-order valence-corrected chi connectivity index (χ0v) is 18.6. The second-order valence-corrected chi connectivity index (χ2v) is 7.34. The van der Waals surface area contributed by atoms with E-state index < -0.39 is 0 Å². The molecule has 0 saturated heterocycles. The van der Waals surface area contributed by atoms with Gasteiger partial charge in [-0.3, -0.25) is 4.90 Å². The van der Waals surface area contributed by atoms with Crippen molar-refractivity contribution in [2.24, 2.45) is 0 Å². The fourth-order valence-corrected chi connectivity index (χ4v) is 3.52. The zero-order chi connectivity index (χ0) is 21.5. The van der Waals surface area contributed by atoms with Gasteiger partial charge in [-0.05, 0) is 68.2 Å². The van der Waals surface area contributed by atoms with Crippen molar-refractivity contribution in [3.05, 3.63) is 71.5 Å². The van der Waals surface area contributed by atoms with Gasteiger partial charge in [0.2, 0.25) is 0 Å². The van der Waals surface area contributed by atoms with Crippen molar-refractivity contribution in [3.8, 4) is 22.9 Å². The van der Waals surface area contributed by atoms with Crippen LogP contribution in [0.5, 0.6) is 11.5 Å². The minimum atomic E-state index is 0.508. The van der Waals surface area contributed by atoms with E-state index in [0.29, 0.717) is 18.0 Å². The van der Waals surface area contributed by atoms with Crippen LogP contribution in [-0.2, 0) is 19.8 Å². The molecule has 0 aliphatic heterocycles. The molecule has 0 amide bonds. The molecule has 0 spiro atoms. The van der Waals surface area contributed by atoms with E-state index >= 15 is 0 Å². The number of hydrogen-bond donors (Lipinski definition) is 0. The van der Waals surface area contributed by atoms with Crippen molar-refractivity contribution < 1.29 is 9.47 Å². The van der Waals surface area contributed by atoms with E-state index in [1.54, 1.807) is 13.2 Å². The Kier molecular flexibility index (Phi) is 7.43. The summed E-state index contributed by atoms with van der Waals surface area (Å²) in [7, 11) is 3.72. The Hall–Kier alpha value is -2.90. The third-order valence-electron chi connectivity index (χ3n) is 4.71. The average Bonchev–Trinajstić information content (AvgIpc) is 3.08. The first-order chi connectivity index (χ1) is 14.5. The van der Waals surface area contributed by atoms with Gasteiger partial charge in [-0.25, -0.2) is 4.68 Å². The van der Waals surface area contributed by atoms with Gasteiger partial charge in [-0.15, -0.1) is 0 Å². The smallest absolute Gasteiger partial charge is 0.199 e. The monoisotopic (exact) mass is 424 g/mol. The van der Waals surface area contributed by atoms with Crippen LogP contribution in [0.3, 0.4) is 0 Å². The largest absolute Gasteiger partial charge is 0.497 e. The molecule has 2 aromatic carbocycles. The minimum absolute atomic E-state index is 0.508. The highest BCUT2D eigenvalue weighted by atomic mass is 32.1. The third-order valence-corrected chi connectivity index (χ3v) is 5.14. The summed E-state index contributed by atoms with van der Waals surface area (Å²) in [5.74, 6) is 2.53. The van der Waals surface area contributed by atoms with Crippen molar-refractivity contribution >= 4 is 12.2 Å². The van der Waals surface area contributed by atoms with Gasteiger partial charge >= 0.3 is 0 Å². The van der Waals surface area contributed by atoms with Crippen LogP contribution in [0.2, 0.25) is 0 Å². The molecule has 1 aromatic heterocycles. The van der Waals surface area contributed by atoms with Crippen LogP contribution in [0.1, 0.15) is 12.5 Å². The average molecular weight is 425 g/mol. The summed E-state index contributed by atoms with van der Waals surface area (Å²) in [6, 6.07) is 16.0. The number of nitrogens with zero attached hydrogens (tertiary/aromatic N) is 4. The molecular weight excluding hydrogens is 396 g/mol. The topological polar surface area (TPSA) is 44.4 Å². The highest BCUT2D eigenvalue weighted by Gasteiger charge is 2.13. The van der Waals surface area contributed by atoms with Crippen LogP contribution in [0.25, 0.3) is 11.4 Å². The van der Waals surface area contributed by atoms with Crippen LogP contribution >= 0.6 is 12.2 Å². The molecule has 3 rings (SSSR count). The van der Waals surface area contributed by atoms with Crippen molar-refractivity contribution in [2.45, 2.75) is 26.7 Å². The van der Waals surface area contributed by atoms with Gasteiger partial charge < -0.3 is 14.0 Å². The molecule has 0 N–H and O–H groups in total. The number of rotatable bonds is 10. The Balaban J connectivity index is 1.73. The molecule has 0 atom stereocenters. The van der Waals surface area contributed by atoms with E-state index in [4.69, 9.17) is 26.8 Å². The third kappa shape index (κ3) is 5.17. The number of hydrogen-bond acceptors (Lipinski definition) is 5. The first-order valence-electron chi connectivity index (χ1n) is 9.89. The van der Waals surface area contributed by atoms with E-state index in [2.05, 4.69) is 42.2 Å². The van der Waals surface area contributed by atoms with Crippen LogP contribution in [0.15, 0.2) is 61.2 Å². The number of aromatic nitrogens is 3. The quantitative estimate of drug-likeness (QED) is 0.347. The summed E-state index contributed by atoms with van der Waals surface area (Å²) < 4.78 is 15.4. The van der Waals surface area contributed by atoms with Crippen molar-refractivity contribution in [3.63, 3.8) is 0 Å². The Morgan fingerprint density at radius 2 is 1.77 bits per heavy atom. The standard InChI is InChI=1S/C23H28N4O2S/c1-5-15-29-21-11-7-18(8-12-21)16-25(3)17-27-23(30)26(6-2)22(24-27)19-9-13-20(28-4)14-10-19/h5,7-14H,1,6,15-17H2,2-4H3. The maximum Gasteiger partial charge on any atom is 0.199 e. The summed E-state index contributed by atoms with van der Waals surface area (Å²) in [6.07, 6.45) is 1.74. The minimum Gasteiger partial charge on any atom is -0.497 e. The van der Waals surface area contributed by atoms with Crippen molar-refractivity contribution in [1.29, 1.82) is 0 Å². The summed E-state index contributed by atoms with van der Waals surface area (Å²) in [6.45, 7) is 8.39. The van der Waals surface area contributed by atoms with Crippen LogP contribution in [0, 0.1) is 4.77 Å². The Morgan fingerprint density at radius 1 is 1.10 bits per heavy atom. The van der Waals surface area contributed by atoms with E-state index in [1.807, 2.05) is 41.1 Å². The predicted octanol–water partition coefficient (Wildman–Crippen LogP) is 4.76. The van der Waals surface area contributed by atoms with Gasteiger partial charge in [0, 0.05) is 18.7 Å². The van der Waals surface area contributed by atoms with Crippen LogP contribution in [0.4, 0.5) is 0 Å². The lowest BCUT2D eigenvalue weighted by Gasteiger charge is -2.16. The van der Waals surface area contributed by atoms with Gasteiger partial charge in [-0.2, -0.15) is 5.10 Å².